The third-order valence-electron chi connectivity index (χ3n) is 2.92. The maximum absolute atomic E-state index is 7.17. The molecule has 1 aromatic heterocycles. The van der Waals surface area contributed by atoms with E-state index < -0.39 is 6.85 Å². The maximum atomic E-state index is 7.17. The molecule has 2 atom stereocenters. The van der Waals surface area contributed by atoms with Crippen LogP contribution in [0.4, 0.5) is 0 Å². The second-order valence-electron chi connectivity index (χ2n) is 3.61. The summed E-state index contributed by atoms with van der Waals surface area (Å²) in [7, 11) is 0. The number of aryl methyl sites for hydroxylation is 1. The van der Waals surface area contributed by atoms with Crippen LogP contribution in [0.3, 0.4) is 0 Å². The number of aromatic nitrogens is 2. The van der Waals surface area contributed by atoms with Crippen LogP contribution >= 0.6 is 0 Å². The highest BCUT2D eigenvalue weighted by Gasteiger charge is 2.62. The number of piperidine rings is 1. The van der Waals surface area contributed by atoms with Crippen LogP contribution in [0.2, 0.25) is 0 Å². The molecule has 1 aliphatic heterocycles. The molecular weight excluding hydrogens is 154 g/mol. The minimum Gasteiger partial charge on any atom is -0.339 e. The summed E-state index contributed by atoms with van der Waals surface area (Å²) in [5.41, 5.74) is -0.0590. The van der Waals surface area contributed by atoms with E-state index in [2.05, 4.69) is 15.5 Å². The molecule has 0 aromatic carbocycles. The van der Waals surface area contributed by atoms with Crippen molar-refractivity contribution >= 4 is 0 Å². The van der Waals surface area contributed by atoms with Crippen LogP contribution in [-0.4, -0.2) is 23.2 Å². The van der Waals surface area contributed by atoms with Crippen molar-refractivity contribution in [2.75, 3.05) is 13.1 Å². The smallest absolute Gasteiger partial charge is 0.234 e. The molecule has 0 amide bonds. The fourth-order valence-electron chi connectivity index (χ4n) is 2.10. The number of nitrogens with one attached hydrogen (secondary N) is 1. The number of nitrogens with zero attached hydrogens (tertiary/aromatic N) is 2. The van der Waals surface area contributed by atoms with Crippen LogP contribution in [-0.2, 0) is 5.41 Å². The molecule has 3 rings (SSSR count). The van der Waals surface area contributed by atoms with E-state index in [-0.39, 0.29) is 11.2 Å². The van der Waals surface area contributed by atoms with E-state index in [0.29, 0.717) is 11.8 Å². The van der Waals surface area contributed by atoms with Gasteiger partial charge in [0.15, 0.2) is 5.82 Å². The minimum absolute atomic E-state index is 0.0590. The summed E-state index contributed by atoms with van der Waals surface area (Å²) in [4.78, 5) is 4.00. The van der Waals surface area contributed by atoms with Gasteiger partial charge in [0.1, 0.15) is 0 Å². The molecule has 64 valence electrons. The lowest BCUT2D eigenvalue weighted by Gasteiger charge is -2.02. The van der Waals surface area contributed by atoms with E-state index in [1.807, 2.05) is 0 Å². The normalized spacial score (nSPS) is 43.0. The predicted octanol–water partition coefficient (Wildman–Crippen LogP) is 0.239. The summed E-state index contributed by atoms with van der Waals surface area (Å²) in [5.74, 6) is 0.857. The Morgan fingerprint density at radius 2 is 2.83 bits per heavy atom. The topological polar surface area (TPSA) is 51.0 Å². The Morgan fingerprint density at radius 3 is 3.42 bits per heavy atom. The Hall–Kier alpha value is -0.900. The van der Waals surface area contributed by atoms with Gasteiger partial charge in [-0.15, -0.1) is 0 Å². The van der Waals surface area contributed by atoms with E-state index in [1.54, 1.807) is 0 Å². The molecule has 1 saturated heterocycles. The maximum Gasteiger partial charge on any atom is 0.234 e. The lowest BCUT2D eigenvalue weighted by molar-refractivity contribution is 0.343. The lowest BCUT2D eigenvalue weighted by atomic mass is 10.1. The van der Waals surface area contributed by atoms with E-state index in [9.17, 15) is 0 Å². The van der Waals surface area contributed by atoms with Gasteiger partial charge in [0.05, 0.1) is 5.41 Å². The molecule has 2 heterocycles. The van der Waals surface area contributed by atoms with Crippen molar-refractivity contribution in [2.24, 2.45) is 5.92 Å². The van der Waals surface area contributed by atoms with Gasteiger partial charge < -0.3 is 9.84 Å². The van der Waals surface area contributed by atoms with Gasteiger partial charge in [-0.25, -0.2) is 0 Å². The van der Waals surface area contributed by atoms with Crippen molar-refractivity contribution in [3.8, 4) is 0 Å². The molecule has 1 saturated carbocycles. The Kier molecular flexibility index (Phi) is 0.684. The molecule has 1 aliphatic carbocycles. The average molecular weight is 168 g/mol. The van der Waals surface area contributed by atoms with Crippen LogP contribution in [0.1, 0.15) is 22.2 Å². The standard InChI is InChI=1S/C8H11N3O/c1-5-10-7(12-11-5)8-2-6(8)3-9-4-8/h6,9H,2-4H2,1H3/t6?,8-/m1/s1/i1D3. The number of hydrogen-bond acceptors (Lipinski definition) is 4. The van der Waals surface area contributed by atoms with E-state index >= 15 is 0 Å². The summed E-state index contributed by atoms with van der Waals surface area (Å²) in [6.45, 7) is -0.486. The second kappa shape index (κ2) is 1.88. The molecule has 4 heteroatoms. The minimum atomic E-state index is -2.27. The molecule has 12 heavy (non-hydrogen) atoms. The van der Waals surface area contributed by atoms with Crippen molar-refractivity contribution in [1.29, 1.82) is 0 Å². The Labute approximate surface area is 74.6 Å². The highest BCUT2D eigenvalue weighted by Crippen LogP contribution is 2.55. The fraction of sp³-hybridized carbons (Fsp3) is 0.750. The molecule has 4 nitrogen and oxygen atoms in total. The first-order chi connectivity index (χ1) is 7.02. The SMILES string of the molecule is [2H]C([2H])([2H])c1noc([C@]23CNCC2C3)n1. The second-order valence-corrected chi connectivity index (χ2v) is 3.61. The molecule has 0 bridgehead atoms. The number of rotatable bonds is 1. The quantitative estimate of drug-likeness (QED) is 0.652. The third kappa shape index (κ3) is 0.659. The van der Waals surface area contributed by atoms with Crippen LogP contribution in [0, 0.1) is 12.8 Å². The molecule has 1 aromatic rings. The number of hydrogen-bond donors (Lipinski definition) is 1. The van der Waals surface area contributed by atoms with Crippen molar-refractivity contribution in [3.63, 3.8) is 0 Å². The van der Waals surface area contributed by atoms with Gasteiger partial charge in [-0.1, -0.05) is 5.16 Å². The van der Waals surface area contributed by atoms with Gasteiger partial charge in [0, 0.05) is 10.7 Å². The zero-order valence-corrected chi connectivity index (χ0v) is 6.50. The van der Waals surface area contributed by atoms with Gasteiger partial charge in [-0.3, -0.25) is 0 Å². The summed E-state index contributed by atoms with van der Waals surface area (Å²) in [6.07, 6.45) is 1.03. The number of fused-ring (bicyclic) bond motifs is 1. The largest absolute Gasteiger partial charge is 0.339 e. The van der Waals surface area contributed by atoms with Crippen molar-refractivity contribution in [2.45, 2.75) is 18.7 Å². The van der Waals surface area contributed by atoms with Crippen molar-refractivity contribution in [1.82, 2.24) is 15.5 Å². The molecular formula is C8H11N3O. The Morgan fingerprint density at radius 1 is 1.83 bits per heavy atom. The molecule has 2 fully saturated rings. The summed E-state index contributed by atoms with van der Waals surface area (Å²) < 4.78 is 26.6. The summed E-state index contributed by atoms with van der Waals surface area (Å²) in [6, 6.07) is 0. The van der Waals surface area contributed by atoms with Gasteiger partial charge in [0.2, 0.25) is 5.89 Å². The van der Waals surface area contributed by atoms with Crippen LogP contribution in [0.25, 0.3) is 0 Å². The predicted molar refractivity (Wildman–Crippen MR) is 41.7 cm³/mol. The van der Waals surface area contributed by atoms with E-state index in [4.69, 9.17) is 8.64 Å². The summed E-state index contributed by atoms with van der Waals surface area (Å²) in [5, 5.41) is 6.77. The molecule has 1 unspecified atom stereocenters. The van der Waals surface area contributed by atoms with E-state index in [0.717, 1.165) is 19.5 Å². The Balaban J connectivity index is 1.92. The van der Waals surface area contributed by atoms with Gasteiger partial charge >= 0.3 is 0 Å². The van der Waals surface area contributed by atoms with Crippen molar-refractivity contribution in [3.05, 3.63) is 11.7 Å². The summed E-state index contributed by atoms with van der Waals surface area (Å²) >= 11 is 0. The highest BCUT2D eigenvalue weighted by molar-refractivity contribution is 5.25. The first-order valence-electron chi connectivity index (χ1n) is 5.58. The Bertz CT molecular complexity index is 402. The van der Waals surface area contributed by atoms with Gasteiger partial charge in [-0.2, -0.15) is 4.98 Å². The zero-order chi connectivity index (χ0) is 10.7. The van der Waals surface area contributed by atoms with Crippen LogP contribution in [0.5, 0.6) is 0 Å². The third-order valence-corrected chi connectivity index (χ3v) is 2.92. The van der Waals surface area contributed by atoms with E-state index in [1.165, 1.54) is 0 Å². The van der Waals surface area contributed by atoms with Gasteiger partial charge in [-0.05, 0) is 25.7 Å². The average Bonchev–Trinajstić information content (AvgIpc) is 2.63. The first kappa shape index (κ1) is 4.37. The first-order valence-corrected chi connectivity index (χ1v) is 4.08. The molecule has 1 N–H and O–H groups in total. The lowest BCUT2D eigenvalue weighted by Crippen LogP contribution is -2.19. The highest BCUT2D eigenvalue weighted by atomic mass is 16.5. The molecule has 0 radical (unpaired) electrons. The molecule has 2 aliphatic rings. The van der Waals surface area contributed by atoms with Gasteiger partial charge in [0.25, 0.3) is 0 Å². The monoisotopic (exact) mass is 168 g/mol. The van der Waals surface area contributed by atoms with Crippen LogP contribution in [0.15, 0.2) is 4.52 Å². The van der Waals surface area contributed by atoms with Crippen LogP contribution < -0.4 is 5.32 Å². The van der Waals surface area contributed by atoms with Crippen molar-refractivity contribution < 1.29 is 8.64 Å². The fourth-order valence-corrected chi connectivity index (χ4v) is 2.10. The zero-order valence-electron chi connectivity index (χ0n) is 9.50. The molecule has 0 spiro atoms.